The molecule has 204 valence electrons. The molecule has 0 rings (SSSR count). The summed E-state index contributed by atoms with van der Waals surface area (Å²) in [7, 11) is 0. The number of carboxylic acids is 2. The minimum Gasteiger partial charge on any atom is -0.481 e. The highest BCUT2D eigenvalue weighted by Crippen LogP contribution is 2.05. The number of rotatable bonds is 18. The van der Waals surface area contributed by atoms with E-state index in [1.165, 1.54) is 0 Å². The lowest BCUT2D eigenvalue weighted by atomic mass is 10.1. The zero-order valence-corrected chi connectivity index (χ0v) is 19.5. The lowest BCUT2D eigenvalue weighted by Crippen LogP contribution is -2.57. The van der Waals surface area contributed by atoms with Crippen LogP contribution in [0.5, 0.6) is 0 Å². The second kappa shape index (κ2) is 16.6. The van der Waals surface area contributed by atoms with E-state index in [0.717, 1.165) is 0 Å². The second-order valence-electron chi connectivity index (χ2n) is 7.70. The molecule has 0 aromatic carbocycles. The molecule has 0 aliphatic rings. The van der Waals surface area contributed by atoms with Gasteiger partial charge in [0, 0.05) is 19.4 Å². The van der Waals surface area contributed by atoms with Crippen molar-refractivity contribution in [3.05, 3.63) is 0 Å². The summed E-state index contributed by atoms with van der Waals surface area (Å²) < 4.78 is 0. The molecule has 0 aromatic heterocycles. The summed E-state index contributed by atoms with van der Waals surface area (Å²) in [6.07, 6.45) is -1.11. The number of guanidine groups is 1. The minimum atomic E-state index is -1.70. The third-order valence-electron chi connectivity index (χ3n) is 4.69. The van der Waals surface area contributed by atoms with Crippen molar-refractivity contribution in [2.75, 3.05) is 13.2 Å². The Balaban J connectivity index is 5.46. The number of aliphatic imine (C=N–C) groups is 1. The van der Waals surface area contributed by atoms with E-state index in [0.29, 0.717) is 6.42 Å². The maximum absolute atomic E-state index is 12.8. The number of aliphatic carboxylic acids is 2. The van der Waals surface area contributed by atoms with Crippen molar-refractivity contribution in [1.29, 1.82) is 0 Å². The van der Waals surface area contributed by atoms with Crippen molar-refractivity contribution in [3.63, 3.8) is 0 Å². The standard InChI is InChI=1S/C19H34N8O9/c20-9(2-1-7-24-19(22)23)15(32)25-10(3-5-13(21)29)16(33)26-11(4-6-14(30)31)17(34)27-12(8-28)18(35)36/h9-12,28H,1-8,20H2,(H2,21,29)(H,25,32)(H,26,33)(H,27,34)(H,30,31)(H,35,36)(H4,22,23,24). The first-order chi connectivity index (χ1) is 16.8. The van der Waals surface area contributed by atoms with E-state index >= 15 is 0 Å². The van der Waals surface area contributed by atoms with Crippen LogP contribution in [0.1, 0.15) is 38.5 Å². The quantitative estimate of drug-likeness (QED) is 0.0463. The number of aliphatic hydroxyl groups excluding tert-OH is 1. The van der Waals surface area contributed by atoms with Gasteiger partial charge >= 0.3 is 11.9 Å². The van der Waals surface area contributed by atoms with Crippen LogP contribution in [-0.2, 0) is 28.8 Å². The number of hydrogen-bond acceptors (Lipinski definition) is 9. The summed E-state index contributed by atoms with van der Waals surface area (Å²) in [6, 6.07) is -5.70. The van der Waals surface area contributed by atoms with E-state index in [2.05, 4.69) is 15.6 Å². The Morgan fingerprint density at radius 2 is 1.25 bits per heavy atom. The van der Waals surface area contributed by atoms with Crippen molar-refractivity contribution in [1.82, 2.24) is 16.0 Å². The molecule has 0 spiro atoms. The molecule has 0 bridgehead atoms. The fourth-order valence-electron chi connectivity index (χ4n) is 2.75. The van der Waals surface area contributed by atoms with Gasteiger partial charge in [-0.05, 0) is 25.7 Å². The van der Waals surface area contributed by atoms with E-state index < -0.39 is 79.2 Å². The molecule has 0 saturated carbocycles. The molecule has 17 nitrogen and oxygen atoms in total. The fraction of sp³-hybridized carbons (Fsp3) is 0.632. The summed E-state index contributed by atoms with van der Waals surface area (Å²) in [5.41, 5.74) is 21.3. The summed E-state index contributed by atoms with van der Waals surface area (Å²) in [4.78, 5) is 74.8. The molecule has 4 amide bonds. The van der Waals surface area contributed by atoms with Crippen LogP contribution in [0.4, 0.5) is 0 Å². The number of carboxylic acid groups (broad SMARTS) is 2. The molecule has 4 unspecified atom stereocenters. The van der Waals surface area contributed by atoms with Gasteiger partial charge in [0.1, 0.15) is 18.1 Å². The van der Waals surface area contributed by atoms with Crippen LogP contribution in [0.25, 0.3) is 0 Å². The number of primary amides is 1. The number of carbonyl (C=O) groups is 6. The second-order valence-corrected chi connectivity index (χ2v) is 7.70. The monoisotopic (exact) mass is 518 g/mol. The molecule has 0 aliphatic heterocycles. The average Bonchev–Trinajstić information content (AvgIpc) is 2.79. The maximum Gasteiger partial charge on any atom is 0.328 e. The highest BCUT2D eigenvalue weighted by Gasteiger charge is 2.30. The summed E-state index contributed by atoms with van der Waals surface area (Å²) in [5, 5.41) is 33.6. The van der Waals surface area contributed by atoms with Crippen LogP contribution in [0.3, 0.4) is 0 Å². The topological polar surface area (TPSA) is 316 Å². The van der Waals surface area contributed by atoms with Crippen LogP contribution in [0, 0.1) is 0 Å². The smallest absolute Gasteiger partial charge is 0.328 e. The van der Waals surface area contributed by atoms with Gasteiger partial charge in [-0.1, -0.05) is 0 Å². The van der Waals surface area contributed by atoms with Gasteiger partial charge in [-0.15, -0.1) is 0 Å². The minimum absolute atomic E-state index is 0.133. The van der Waals surface area contributed by atoms with Crippen LogP contribution >= 0.6 is 0 Å². The Morgan fingerprint density at radius 1 is 0.750 bits per heavy atom. The largest absolute Gasteiger partial charge is 0.481 e. The third-order valence-corrected chi connectivity index (χ3v) is 4.69. The number of nitrogens with one attached hydrogen (secondary N) is 3. The van der Waals surface area contributed by atoms with Gasteiger partial charge in [-0.2, -0.15) is 0 Å². The Kier molecular flexibility index (Phi) is 14.8. The van der Waals surface area contributed by atoms with Crippen molar-refractivity contribution in [2.24, 2.45) is 27.9 Å². The van der Waals surface area contributed by atoms with Crippen LogP contribution in [0.2, 0.25) is 0 Å². The van der Waals surface area contributed by atoms with Crippen molar-refractivity contribution >= 4 is 41.5 Å². The van der Waals surface area contributed by atoms with Crippen LogP contribution in [0.15, 0.2) is 4.99 Å². The van der Waals surface area contributed by atoms with E-state index in [9.17, 15) is 28.8 Å². The molecule has 0 saturated heterocycles. The molecule has 36 heavy (non-hydrogen) atoms. The molecule has 0 heterocycles. The first kappa shape index (κ1) is 32.0. The third kappa shape index (κ3) is 13.7. The zero-order chi connectivity index (χ0) is 27.8. The lowest BCUT2D eigenvalue weighted by Gasteiger charge is -2.24. The van der Waals surface area contributed by atoms with Gasteiger partial charge in [0.15, 0.2) is 5.96 Å². The molecule has 17 heteroatoms. The number of hydrogen-bond donors (Lipinski definition) is 10. The van der Waals surface area contributed by atoms with Gasteiger partial charge < -0.3 is 54.2 Å². The highest BCUT2D eigenvalue weighted by atomic mass is 16.4. The van der Waals surface area contributed by atoms with Gasteiger partial charge in [-0.3, -0.25) is 29.0 Å². The SMILES string of the molecule is NC(=O)CCC(NC(=O)C(N)CCCN=C(N)N)C(=O)NC(CCC(=O)O)C(=O)NC(CO)C(=O)O. The fourth-order valence-corrected chi connectivity index (χ4v) is 2.75. The molecular weight excluding hydrogens is 484 g/mol. The van der Waals surface area contributed by atoms with Gasteiger partial charge in [0.2, 0.25) is 23.6 Å². The van der Waals surface area contributed by atoms with E-state index in [1.54, 1.807) is 0 Å². The number of nitrogens with zero attached hydrogens (tertiary/aromatic N) is 1. The van der Waals surface area contributed by atoms with E-state index in [1.807, 2.05) is 5.32 Å². The van der Waals surface area contributed by atoms with Gasteiger partial charge in [0.25, 0.3) is 0 Å². The molecule has 14 N–H and O–H groups in total. The number of nitrogens with two attached hydrogens (primary N) is 4. The van der Waals surface area contributed by atoms with E-state index in [4.69, 9.17) is 38.3 Å². The highest BCUT2D eigenvalue weighted by molar-refractivity contribution is 5.94. The summed E-state index contributed by atoms with van der Waals surface area (Å²) in [6.45, 7) is -0.751. The molecule has 0 radical (unpaired) electrons. The maximum atomic E-state index is 12.8. The van der Waals surface area contributed by atoms with Gasteiger partial charge in [-0.25, -0.2) is 4.79 Å². The van der Waals surface area contributed by atoms with Crippen molar-refractivity contribution in [3.8, 4) is 0 Å². The normalized spacial score (nSPS) is 13.8. The molecule has 0 fully saturated rings. The first-order valence-electron chi connectivity index (χ1n) is 10.8. The van der Waals surface area contributed by atoms with Gasteiger partial charge in [0.05, 0.1) is 12.6 Å². The molecule has 0 aromatic rings. The van der Waals surface area contributed by atoms with E-state index in [-0.39, 0.29) is 31.8 Å². The number of amides is 4. The Morgan fingerprint density at radius 3 is 1.69 bits per heavy atom. The predicted molar refractivity (Wildman–Crippen MR) is 124 cm³/mol. The molecule has 0 aliphatic carbocycles. The average molecular weight is 519 g/mol. The lowest BCUT2D eigenvalue weighted by molar-refractivity contribution is -0.144. The van der Waals surface area contributed by atoms with Crippen LogP contribution in [-0.4, -0.2) is 94.2 Å². The Bertz CT molecular complexity index is 832. The van der Waals surface area contributed by atoms with Crippen molar-refractivity contribution < 1.29 is 44.1 Å². The molecule has 4 atom stereocenters. The Hall–Kier alpha value is -3.99. The molecular formula is C19H34N8O9. The zero-order valence-electron chi connectivity index (χ0n) is 19.5. The summed E-state index contributed by atoms with van der Waals surface area (Å²) in [5.74, 6) is -6.59. The summed E-state index contributed by atoms with van der Waals surface area (Å²) >= 11 is 0. The number of aliphatic hydroxyl groups is 1. The predicted octanol–water partition coefficient (Wildman–Crippen LogP) is -4.97. The van der Waals surface area contributed by atoms with Crippen LogP contribution < -0.4 is 38.9 Å². The first-order valence-corrected chi connectivity index (χ1v) is 10.8. The Labute approximate surface area is 206 Å². The number of carbonyl (C=O) groups excluding carboxylic acids is 4. The van der Waals surface area contributed by atoms with Crippen molar-refractivity contribution in [2.45, 2.75) is 62.7 Å².